The Bertz CT molecular complexity index is 4220. The maximum absolute atomic E-state index is 6.03. The predicted molar refractivity (Wildman–Crippen MR) is 341 cm³/mol. The topological polar surface area (TPSA) is 22.9 Å². The Balaban J connectivity index is 0.000000120. The van der Waals surface area contributed by atoms with E-state index in [0.717, 1.165) is 22.2 Å². The van der Waals surface area contributed by atoms with Crippen molar-refractivity contribution in [1.82, 2.24) is 0 Å². The molecular formula is C76H63N3O. The van der Waals surface area contributed by atoms with Crippen LogP contribution in [-0.2, 0) is 5.41 Å². The van der Waals surface area contributed by atoms with Gasteiger partial charge in [0.05, 0.1) is 0 Å². The van der Waals surface area contributed by atoms with E-state index < -0.39 is 0 Å². The van der Waals surface area contributed by atoms with Gasteiger partial charge in [-0.1, -0.05) is 220 Å². The van der Waals surface area contributed by atoms with Gasteiger partial charge in [-0.15, -0.1) is 0 Å². The van der Waals surface area contributed by atoms with Crippen molar-refractivity contribution in [3.05, 3.63) is 302 Å². The zero-order chi connectivity index (χ0) is 54.6. The number of para-hydroxylation sites is 4. The highest BCUT2D eigenvalue weighted by molar-refractivity contribution is 6.12. The second-order valence-corrected chi connectivity index (χ2v) is 21.0. The number of rotatable bonds is 9. The minimum atomic E-state index is 0.0371. The minimum Gasteiger partial charge on any atom is -0.456 e. The average Bonchev–Trinajstić information content (AvgIpc) is 4.07. The average molecular weight is 1030 g/mol. The second kappa shape index (κ2) is 22.2. The molecule has 0 radical (unpaired) electrons. The lowest BCUT2D eigenvalue weighted by molar-refractivity contribution is 0.660. The van der Waals surface area contributed by atoms with Crippen LogP contribution < -0.4 is 14.7 Å². The van der Waals surface area contributed by atoms with E-state index in [1.807, 2.05) is 30.3 Å². The smallest absolute Gasteiger partial charge is 0.136 e. The van der Waals surface area contributed by atoms with Gasteiger partial charge in [0.2, 0.25) is 0 Å². The molecule has 0 unspecified atom stereocenters. The highest BCUT2D eigenvalue weighted by atomic mass is 16.3. The van der Waals surface area contributed by atoms with E-state index >= 15 is 0 Å². The number of hydrogen-bond acceptors (Lipinski definition) is 4. The van der Waals surface area contributed by atoms with Crippen LogP contribution in [0.5, 0.6) is 0 Å². The molecule has 1 heterocycles. The van der Waals surface area contributed by atoms with Crippen molar-refractivity contribution in [3.8, 4) is 44.5 Å². The summed E-state index contributed by atoms with van der Waals surface area (Å²) in [6, 6.07) is 103. The van der Waals surface area contributed by atoms with Crippen LogP contribution in [0.15, 0.2) is 296 Å². The third kappa shape index (κ3) is 10.0. The quantitative estimate of drug-likeness (QED) is 0.144. The Morgan fingerprint density at radius 1 is 0.275 bits per heavy atom. The third-order valence-electron chi connectivity index (χ3n) is 15.9. The van der Waals surface area contributed by atoms with Gasteiger partial charge in [0, 0.05) is 71.5 Å². The number of furan rings is 1. The lowest BCUT2D eigenvalue weighted by atomic mass is 9.82. The van der Waals surface area contributed by atoms with Crippen molar-refractivity contribution in [2.45, 2.75) is 19.3 Å². The summed E-state index contributed by atoms with van der Waals surface area (Å²) in [5, 5.41) is 4.91. The molecule has 4 heteroatoms. The molecule has 0 atom stereocenters. The summed E-state index contributed by atoms with van der Waals surface area (Å²) in [7, 11) is 6.31. The van der Waals surface area contributed by atoms with Crippen LogP contribution in [0.2, 0.25) is 0 Å². The van der Waals surface area contributed by atoms with Crippen LogP contribution >= 0.6 is 0 Å². The highest BCUT2D eigenvalue weighted by Crippen LogP contribution is 2.52. The summed E-state index contributed by atoms with van der Waals surface area (Å²) in [6.45, 7) is 4.67. The number of fused-ring (bicyclic) bond motifs is 7. The molecule has 12 aromatic carbocycles. The molecule has 1 aliphatic rings. The zero-order valence-electron chi connectivity index (χ0n) is 46.0. The van der Waals surface area contributed by atoms with E-state index in [9.17, 15) is 0 Å². The zero-order valence-corrected chi connectivity index (χ0v) is 46.0. The summed E-state index contributed by atoms with van der Waals surface area (Å²) >= 11 is 0. The first-order chi connectivity index (χ1) is 39.2. The Kier molecular flexibility index (Phi) is 14.1. The fraction of sp³-hybridized carbons (Fsp3) is 0.0789. The van der Waals surface area contributed by atoms with Crippen molar-refractivity contribution in [2.24, 2.45) is 0 Å². The third-order valence-corrected chi connectivity index (χ3v) is 15.9. The molecule has 13 aromatic rings. The molecular weight excluding hydrogens is 971 g/mol. The molecule has 0 aliphatic heterocycles. The van der Waals surface area contributed by atoms with E-state index in [1.165, 1.54) is 100 Å². The van der Waals surface area contributed by atoms with E-state index in [2.05, 4.69) is 311 Å². The molecule has 0 spiro atoms. The lowest BCUT2D eigenvalue weighted by Gasteiger charge is -2.22. The first-order valence-corrected chi connectivity index (χ1v) is 27.5. The Labute approximate surface area is 470 Å². The van der Waals surface area contributed by atoms with Crippen molar-refractivity contribution in [2.75, 3.05) is 35.8 Å². The van der Waals surface area contributed by atoms with E-state index in [0.29, 0.717) is 0 Å². The maximum Gasteiger partial charge on any atom is 0.136 e. The molecule has 0 saturated heterocycles. The van der Waals surface area contributed by atoms with Crippen LogP contribution in [-0.4, -0.2) is 21.1 Å². The number of nitrogens with zero attached hydrogens (tertiary/aromatic N) is 3. The molecule has 0 bridgehead atoms. The molecule has 0 N–H and O–H groups in total. The standard InChI is InChI=1S/C28H25N.C25H19NO.C23H19N/c1-28(2)25-14-8-7-12-24(25)27-23(13-9-15-26(27)28)20-16-18-22(19-17-20)29(3)21-10-5-4-6-11-21;1-26(19-8-3-2-4-9-19)20-16-14-18(15-17-20)21-11-7-13-24-25(21)22-10-5-6-12-23(22)27-24;1-24(20-10-3-2-4-11-20)21-16-14-19(15-17-21)23-13-7-9-18-8-5-6-12-22(18)23/h4-19H,1-3H3;2-17H,1H3;2-17H,1H3. The van der Waals surface area contributed by atoms with Crippen LogP contribution in [0.4, 0.5) is 34.1 Å². The Morgan fingerprint density at radius 2 is 0.637 bits per heavy atom. The summed E-state index contributed by atoms with van der Waals surface area (Å²) < 4.78 is 6.03. The number of benzene rings is 12. The van der Waals surface area contributed by atoms with Gasteiger partial charge in [0.15, 0.2) is 0 Å². The molecule has 0 saturated carbocycles. The first-order valence-electron chi connectivity index (χ1n) is 27.5. The fourth-order valence-electron chi connectivity index (χ4n) is 11.5. The van der Waals surface area contributed by atoms with Gasteiger partial charge in [-0.3, -0.25) is 0 Å². The molecule has 388 valence electrons. The summed E-state index contributed by atoms with van der Waals surface area (Å²) in [5.74, 6) is 0. The predicted octanol–water partition coefficient (Wildman–Crippen LogP) is 20.7. The second-order valence-electron chi connectivity index (χ2n) is 21.0. The van der Waals surface area contributed by atoms with Gasteiger partial charge in [0.1, 0.15) is 11.2 Å². The number of anilines is 6. The van der Waals surface area contributed by atoms with Crippen molar-refractivity contribution in [3.63, 3.8) is 0 Å². The summed E-state index contributed by atoms with van der Waals surface area (Å²) in [6.07, 6.45) is 0. The van der Waals surface area contributed by atoms with Gasteiger partial charge in [-0.05, 0) is 151 Å². The van der Waals surface area contributed by atoms with E-state index in [1.54, 1.807) is 0 Å². The van der Waals surface area contributed by atoms with Gasteiger partial charge < -0.3 is 19.1 Å². The van der Waals surface area contributed by atoms with Crippen LogP contribution in [0.3, 0.4) is 0 Å². The van der Waals surface area contributed by atoms with Crippen molar-refractivity contribution in [1.29, 1.82) is 0 Å². The lowest BCUT2D eigenvalue weighted by Crippen LogP contribution is -2.14. The molecule has 1 aromatic heterocycles. The summed E-state index contributed by atoms with van der Waals surface area (Å²) in [5.41, 5.74) is 22.1. The van der Waals surface area contributed by atoms with E-state index in [-0.39, 0.29) is 5.41 Å². The van der Waals surface area contributed by atoms with Crippen LogP contribution in [0, 0.1) is 0 Å². The van der Waals surface area contributed by atoms with Crippen LogP contribution in [0.1, 0.15) is 25.0 Å². The van der Waals surface area contributed by atoms with Crippen molar-refractivity contribution < 1.29 is 4.42 Å². The fourth-order valence-corrected chi connectivity index (χ4v) is 11.5. The van der Waals surface area contributed by atoms with Gasteiger partial charge in [-0.25, -0.2) is 0 Å². The maximum atomic E-state index is 6.03. The van der Waals surface area contributed by atoms with Crippen molar-refractivity contribution >= 4 is 66.8 Å². The molecule has 4 nitrogen and oxygen atoms in total. The SMILES string of the molecule is CN(c1ccccc1)c1ccc(-c2cccc3c2-c2ccccc2C3(C)C)cc1.CN(c1ccccc1)c1ccc(-c2cccc3ccccc23)cc1.CN(c1ccccc1)c1ccc(-c2cccc3oc4ccccc4c23)cc1. The Morgan fingerprint density at radius 3 is 1.21 bits per heavy atom. The molecule has 14 rings (SSSR count). The van der Waals surface area contributed by atoms with Crippen LogP contribution in [0.25, 0.3) is 77.2 Å². The molecule has 80 heavy (non-hydrogen) atoms. The highest BCUT2D eigenvalue weighted by Gasteiger charge is 2.36. The van der Waals surface area contributed by atoms with Gasteiger partial charge in [0.25, 0.3) is 0 Å². The molecule has 0 fully saturated rings. The first kappa shape index (κ1) is 50.9. The normalized spacial score (nSPS) is 11.9. The molecule has 1 aliphatic carbocycles. The monoisotopic (exact) mass is 1030 g/mol. The summed E-state index contributed by atoms with van der Waals surface area (Å²) in [4.78, 5) is 6.61. The Hall–Kier alpha value is -9.90. The number of hydrogen-bond donors (Lipinski definition) is 0. The largest absolute Gasteiger partial charge is 0.456 e. The van der Waals surface area contributed by atoms with E-state index in [4.69, 9.17) is 4.42 Å². The van der Waals surface area contributed by atoms with Gasteiger partial charge in [-0.2, -0.15) is 0 Å². The minimum absolute atomic E-state index is 0.0371. The van der Waals surface area contributed by atoms with Gasteiger partial charge >= 0.3 is 0 Å². The molecule has 0 amide bonds.